The highest BCUT2D eigenvalue weighted by molar-refractivity contribution is 5.85. The Kier molecular flexibility index (Phi) is 7.34. The van der Waals surface area contributed by atoms with Gasteiger partial charge >= 0.3 is 0 Å². The summed E-state index contributed by atoms with van der Waals surface area (Å²) in [6.45, 7) is 7.31. The Morgan fingerprint density at radius 3 is 2.43 bits per heavy atom. The standard InChI is InChI=1S/C18H33N3O2/c1-3-15-8-5-9-16(4-2)21(15)13-7-11-19-17(22)14-20-12-6-10-18(20)23/h15-16H,3-14H2,1-2H3,(H,19,22). The van der Waals surface area contributed by atoms with Gasteiger partial charge in [-0.15, -0.1) is 0 Å². The van der Waals surface area contributed by atoms with Gasteiger partial charge in [0, 0.05) is 38.1 Å². The van der Waals surface area contributed by atoms with Gasteiger partial charge in [-0.25, -0.2) is 0 Å². The van der Waals surface area contributed by atoms with Gasteiger partial charge in [0.1, 0.15) is 0 Å². The summed E-state index contributed by atoms with van der Waals surface area (Å²) < 4.78 is 0. The Hall–Kier alpha value is -1.10. The van der Waals surface area contributed by atoms with E-state index in [4.69, 9.17) is 0 Å². The first-order valence-electron chi connectivity index (χ1n) is 9.45. The fourth-order valence-electron chi connectivity index (χ4n) is 4.05. The summed E-state index contributed by atoms with van der Waals surface area (Å²) in [6.07, 6.45) is 8.91. The molecule has 2 amide bonds. The third kappa shape index (κ3) is 5.20. The molecule has 0 aromatic carbocycles. The molecule has 132 valence electrons. The predicted octanol–water partition coefficient (Wildman–Crippen LogP) is 2.16. The molecule has 0 spiro atoms. The van der Waals surface area contributed by atoms with Crippen LogP contribution in [0.15, 0.2) is 0 Å². The number of hydrogen-bond donors (Lipinski definition) is 1. The molecule has 0 aromatic heterocycles. The summed E-state index contributed by atoms with van der Waals surface area (Å²) in [6, 6.07) is 1.43. The number of carbonyl (C=O) groups excluding carboxylic acids is 2. The summed E-state index contributed by atoms with van der Waals surface area (Å²) in [7, 11) is 0. The molecule has 0 radical (unpaired) electrons. The van der Waals surface area contributed by atoms with Gasteiger partial charge in [0.15, 0.2) is 0 Å². The predicted molar refractivity (Wildman–Crippen MR) is 92.2 cm³/mol. The summed E-state index contributed by atoms with van der Waals surface area (Å²) >= 11 is 0. The molecule has 2 saturated heterocycles. The zero-order valence-corrected chi connectivity index (χ0v) is 14.9. The number of nitrogens with zero attached hydrogens (tertiary/aromatic N) is 2. The highest BCUT2D eigenvalue weighted by Gasteiger charge is 2.27. The summed E-state index contributed by atoms with van der Waals surface area (Å²) in [4.78, 5) is 27.8. The average Bonchev–Trinajstić information content (AvgIpc) is 2.96. The first kappa shape index (κ1) is 18.2. The van der Waals surface area contributed by atoms with E-state index in [1.54, 1.807) is 4.90 Å². The van der Waals surface area contributed by atoms with E-state index >= 15 is 0 Å². The third-order valence-electron chi connectivity index (χ3n) is 5.38. The van der Waals surface area contributed by atoms with Crippen LogP contribution in [0.2, 0.25) is 0 Å². The number of likely N-dealkylation sites (tertiary alicyclic amines) is 2. The highest BCUT2D eigenvalue weighted by atomic mass is 16.2. The van der Waals surface area contributed by atoms with E-state index < -0.39 is 0 Å². The first-order valence-corrected chi connectivity index (χ1v) is 9.45. The molecule has 0 aliphatic carbocycles. The second-order valence-electron chi connectivity index (χ2n) is 6.92. The van der Waals surface area contributed by atoms with E-state index in [-0.39, 0.29) is 18.4 Å². The van der Waals surface area contributed by atoms with Crippen LogP contribution < -0.4 is 5.32 Å². The van der Waals surface area contributed by atoms with Crippen molar-refractivity contribution in [2.75, 3.05) is 26.2 Å². The lowest BCUT2D eigenvalue weighted by molar-refractivity contribution is -0.133. The molecule has 1 N–H and O–H groups in total. The zero-order valence-electron chi connectivity index (χ0n) is 14.9. The summed E-state index contributed by atoms with van der Waals surface area (Å²) in [5.41, 5.74) is 0. The normalized spacial score (nSPS) is 25.8. The Morgan fingerprint density at radius 1 is 1.17 bits per heavy atom. The number of amides is 2. The van der Waals surface area contributed by atoms with E-state index in [2.05, 4.69) is 24.1 Å². The van der Waals surface area contributed by atoms with Crippen LogP contribution in [0.3, 0.4) is 0 Å². The van der Waals surface area contributed by atoms with Crippen LogP contribution in [0.4, 0.5) is 0 Å². The van der Waals surface area contributed by atoms with Crippen LogP contribution in [0.25, 0.3) is 0 Å². The minimum atomic E-state index is -0.0158. The zero-order chi connectivity index (χ0) is 16.7. The van der Waals surface area contributed by atoms with Crippen molar-refractivity contribution >= 4 is 11.8 Å². The molecule has 5 nitrogen and oxygen atoms in total. The third-order valence-corrected chi connectivity index (χ3v) is 5.38. The number of nitrogens with one attached hydrogen (secondary N) is 1. The van der Waals surface area contributed by atoms with Crippen LogP contribution in [-0.4, -0.2) is 59.9 Å². The average molecular weight is 323 g/mol. The van der Waals surface area contributed by atoms with Crippen molar-refractivity contribution in [2.45, 2.75) is 77.3 Å². The lowest BCUT2D eigenvalue weighted by Crippen LogP contribution is -2.47. The van der Waals surface area contributed by atoms with Gasteiger partial charge in [-0.05, 0) is 38.5 Å². The lowest BCUT2D eigenvalue weighted by Gasteiger charge is -2.42. The van der Waals surface area contributed by atoms with E-state index in [1.165, 1.54) is 32.1 Å². The molecule has 2 unspecified atom stereocenters. The van der Waals surface area contributed by atoms with Gasteiger partial charge in [0.25, 0.3) is 0 Å². The number of rotatable bonds is 8. The van der Waals surface area contributed by atoms with Crippen LogP contribution in [0.5, 0.6) is 0 Å². The van der Waals surface area contributed by atoms with Crippen LogP contribution in [-0.2, 0) is 9.59 Å². The Balaban J connectivity index is 1.66. The van der Waals surface area contributed by atoms with Crippen LogP contribution in [0.1, 0.15) is 65.2 Å². The molecule has 2 aliphatic rings. The Morgan fingerprint density at radius 2 is 1.87 bits per heavy atom. The van der Waals surface area contributed by atoms with Gasteiger partial charge < -0.3 is 10.2 Å². The minimum Gasteiger partial charge on any atom is -0.355 e. The second-order valence-corrected chi connectivity index (χ2v) is 6.92. The SMILES string of the molecule is CCC1CCCC(CC)N1CCCNC(=O)CN1CCCC1=O. The van der Waals surface area contributed by atoms with Crippen molar-refractivity contribution in [3.8, 4) is 0 Å². The van der Waals surface area contributed by atoms with E-state index in [9.17, 15) is 9.59 Å². The number of piperidine rings is 1. The molecule has 0 bridgehead atoms. The smallest absolute Gasteiger partial charge is 0.239 e. The Labute approximate surface area is 140 Å². The van der Waals surface area contributed by atoms with Gasteiger partial charge in [-0.2, -0.15) is 0 Å². The quantitative estimate of drug-likeness (QED) is 0.697. The van der Waals surface area contributed by atoms with E-state index in [1.807, 2.05) is 0 Å². The number of carbonyl (C=O) groups is 2. The minimum absolute atomic E-state index is 0.0158. The molecule has 2 rings (SSSR count). The van der Waals surface area contributed by atoms with Crippen molar-refractivity contribution in [1.82, 2.24) is 15.1 Å². The summed E-state index contributed by atoms with van der Waals surface area (Å²) in [5, 5.41) is 2.98. The molecular weight excluding hydrogens is 290 g/mol. The van der Waals surface area contributed by atoms with Gasteiger partial charge in [0.05, 0.1) is 6.54 Å². The molecule has 2 atom stereocenters. The fraction of sp³-hybridized carbons (Fsp3) is 0.889. The maximum atomic E-state index is 11.9. The monoisotopic (exact) mass is 323 g/mol. The van der Waals surface area contributed by atoms with Gasteiger partial charge in [-0.1, -0.05) is 20.3 Å². The van der Waals surface area contributed by atoms with E-state index in [0.29, 0.717) is 25.0 Å². The molecule has 5 heteroatoms. The van der Waals surface area contributed by atoms with Gasteiger partial charge in [0.2, 0.25) is 11.8 Å². The highest BCUT2D eigenvalue weighted by Crippen LogP contribution is 2.26. The first-order chi connectivity index (χ1) is 11.2. The van der Waals surface area contributed by atoms with Crippen LogP contribution in [0, 0.1) is 0 Å². The summed E-state index contributed by atoms with van der Waals surface area (Å²) in [5.74, 6) is 0.100. The topological polar surface area (TPSA) is 52.7 Å². The molecule has 23 heavy (non-hydrogen) atoms. The van der Waals surface area contributed by atoms with Crippen molar-refractivity contribution in [3.05, 3.63) is 0 Å². The van der Waals surface area contributed by atoms with Crippen LogP contribution >= 0.6 is 0 Å². The maximum absolute atomic E-state index is 11.9. The molecule has 0 aromatic rings. The van der Waals surface area contributed by atoms with Crippen molar-refractivity contribution < 1.29 is 9.59 Å². The van der Waals surface area contributed by atoms with Crippen molar-refractivity contribution in [2.24, 2.45) is 0 Å². The lowest BCUT2D eigenvalue weighted by atomic mass is 9.92. The van der Waals surface area contributed by atoms with Gasteiger partial charge in [-0.3, -0.25) is 14.5 Å². The molecule has 0 saturated carbocycles. The Bertz CT molecular complexity index is 388. The fourth-order valence-corrected chi connectivity index (χ4v) is 4.05. The van der Waals surface area contributed by atoms with Crippen molar-refractivity contribution in [1.29, 1.82) is 0 Å². The largest absolute Gasteiger partial charge is 0.355 e. The van der Waals surface area contributed by atoms with Crippen molar-refractivity contribution in [3.63, 3.8) is 0 Å². The van der Waals surface area contributed by atoms with E-state index in [0.717, 1.165) is 25.9 Å². The maximum Gasteiger partial charge on any atom is 0.239 e. The molecule has 2 heterocycles. The molecule has 2 fully saturated rings. The second kappa shape index (κ2) is 9.26. The number of hydrogen-bond acceptors (Lipinski definition) is 3. The molecule has 2 aliphatic heterocycles. The molecular formula is C18H33N3O2.